The van der Waals surface area contributed by atoms with Gasteiger partial charge in [0, 0.05) is 12.0 Å². The molecule has 0 saturated heterocycles. The highest BCUT2D eigenvalue weighted by molar-refractivity contribution is 6.00. The summed E-state index contributed by atoms with van der Waals surface area (Å²) in [6, 6.07) is 4.50. The maximum Gasteiger partial charge on any atom is 0.303 e. The third-order valence-electron chi connectivity index (χ3n) is 2.93. The number of anilines is 1. The summed E-state index contributed by atoms with van der Waals surface area (Å²) in [5.74, 6) is -0.396. The Morgan fingerprint density at radius 2 is 2.15 bits per heavy atom. The minimum Gasteiger partial charge on any atom is -0.495 e. The number of ketones is 1. The van der Waals surface area contributed by atoms with Gasteiger partial charge in [0.15, 0.2) is 5.78 Å². The molecule has 0 aliphatic rings. The summed E-state index contributed by atoms with van der Waals surface area (Å²) in [6.45, 7) is 2.22. The number of carboxylic acids is 1. The summed E-state index contributed by atoms with van der Waals surface area (Å²) in [6.07, 6.45) is 0.571. The number of aliphatic carboxylic acids is 1. The highest BCUT2D eigenvalue weighted by atomic mass is 16.5. The Kier molecular flexibility index (Phi) is 5.99. The largest absolute Gasteiger partial charge is 0.495 e. The summed E-state index contributed by atoms with van der Waals surface area (Å²) in [5.41, 5.74) is 6.68. The van der Waals surface area contributed by atoms with Gasteiger partial charge in [-0.05, 0) is 38.1 Å². The molecule has 0 heterocycles. The van der Waals surface area contributed by atoms with Crippen LogP contribution in [0.5, 0.6) is 5.75 Å². The van der Waals surface area contributed by atoms with Gasteiger partial charge in [-0.2, -0.15) is 0 Å². The van der Waals surface area contributed by atoms with Crippen molar-refractivity contribution >= 4 is 17.4 Å². The monoisotopic (exact) mass is 280 g/mol. The standard InChI is InChI=1S/C14H20N2O4/c1-9(16-7-3-4-13(17)18)14(19)10-5-6-12(20-2)11(15)8-10/h5-6,8-9,16H,3-4,7,15H2,1-2H3,(H,17,18). The fourth-order valence-corrected chi connectivity index (χ4v) is 1.79. The first-order chi connectivity index (χ1) is 9.45. The summed E-state index contributed by atoms with van der Waals surface area (Å²) in [4.78, 5) is 22.5. The van der Waals surface area contributed by atoms with Crippen LogP contribution in [0.1, 0.15) is 30.1 Å². The van der Waals surface area contributed by atoms with Crippen LogP contribution in [0, 0.1) is 0 Å². The van der Waals surface area contributed by atoms with Gasteiger partial charge in [0.1, 0.15) is 5.75 Å². The molecular formula is C14H20N2O4. The molecule has 0 radical (unpaired) electrons. The molecule has 0 aliphatic heterocycles. The van der Waals surface area contributed by atoms with E-state index in [4.69, 9.17) is 15.6 Å². The van der Waals surface area contributed by atoms with Gasteiger partial charge in [0.25, 0.3) is 0 Å². The molecule has 0 amide bonds. The summed E-state index contributed by atoms with van der Waals surface area (Å²) in [5, 5.41) is 11.5. The summed E-state index contributed by atoms with van der Waals surface area (Å²) >= 11 is 0. The second kappa shape index (κ2) is 7.49. The smallest absolute Gasteiger partial charge is 0.303 e. The van der Waals surface area contributed by atoms with E-state index in [-0.39, 0.29) is 12.2 Å². The van der Waals surface area contributed by atoms with Crippen LogP contribution in [0.25, 0.3) is 0 Å². The van der Waals surface area contributed by atoms with Gasteiger partial charge in [-0.3, -0.25) is 9.59 Å². The Balaban J connectivity index is 2.56. The van der Waals surface area contributed by atoms with Gasteiger partial charge in [-0.15, -0.1) is 0 Å². The number of nitrogens with one attached hydrogen (secondary N) is 1. The van der Waals surface area contributed by atoms with Crippen molar-refractivity contribution in [3.05, 3.63) is 23.8 Å². The number of Topliss-reactive ketones (excluding diaryl/α,β-unsaturated/α-hetero) is 1. The number of nitrogen functional groups attached to an aromatic ring is 1. The highest BCUT2D eigenvalue weighted by Gasteiger charge is 2.15. The molecule has 1 aromatic carbocycles. The number of carboxylic acid groups (broad SMARTS) is 1. The van der Waals surface area contributed by atoms with Crippen LogP contribution in [0.3, 0.4) is 0 Å². The molecule has 0 saturated carbocycles. The van der Waals surface area contributed by atoms with Crippen LogP contribution in [-0.4, -0.2) is 36.6 Å². The predicted molar refractivity (Wildman–Crippen MR) is 76.1 cm³/mol. The van der Waals surface area contributed by atoms with Crippen molar-refractivity contribution < 1.29 is 19.4 Å². The number of methoxy groups -OCH3 is 1. The Morgan fingerprint density at radius 3 is 2.70 bits per heavy atom. The zero-order valence-corrected chi connectivity index (χ0v) is 11.7. The first-order valence-electron chi connectivity index (χ1n) is 6.38. The lowest BCUT2D eigenvalue weighted by Crippen LogP contribution is -2.34. The van der Waals surface area contributed by atoms with E-state index in [1.807, 2.05) is 0 Å². The molecule has 1 rings (SSSR count). The lowest BCUT2D eigenvalue weighted by atomic mass is 10.0. The molecule has 1 aromatic rings. The molecule has 1 unspecified atom stereocenters. The molecular weight excluding hydrogens is 260 g/mol. The van der Waals surface area contributed by atoms with E-state index < -0.39 is 12.0 Å². The fraction of sp³-hybridized carbons (Fsp3) is 0.429. The van der Waals surface area contributed by atoms with Crippen LogP contribution in [0.15, 0.2) is 18.2 Å². The van der Waals surface area contributed by atoms with Crippen LogP contribution in [-0.2, 0) is 4.79 Å². The van der Waals surface area contributed by atoms with Crippen molar-refractivity contribution in [1.82, 2.24) is 5.32 Å². The number of benzene rings is 1. The van der Waals surface area contributed by atoms with E-state index in [0.29, 0.717) is 30.0 Å². The maximum absolute atomic E-state index is 12.1. The van der Waals surface area contributed by atoms with Gasteiger partial charge in [0.2, 0.25) is 0 Å². The number of hydrogen-bond acceptors (Lipinski definition) is 5. The fourth-order valence-electron chi connectivity index (χ4n) is 1.79. The zero-order chi connectivity index (χ0) is 15.1. The van der Waals surface area contributed by atoms with Crippen molar-refractivity contribution in [2.75, 3.05) is 19.4 Å². The van der Waals surface area contributed by atoms with Gasteiger partial charge in [-0.25, -0.2) is 0 Å². The average Bonchev–Trinajstić information content (AvgIpc) is 2.42. The van der Waals surface area contributed by atoms with Crippen LogP contribution >= 0.6 is 0 Å². The molecule has 20 heavy (non-hydrogen) atoms. The topological polar surface area (TPSA) is 102 Å². The van der Waals surface area contributed by atoms with Crippen molar-refractivity contribution in [2.45, 2.75) is 25.8 Å². The molecule has 6 heteroatoms. The van der Waals surface area contributed by atoms with Crippen molar-refractivity contribution in [3.8, 4) is 5.75 Å². The van der Waals surface area contributed by atoms with E-state index >= 15 is 0 Å². The molecule has 0 spiro atoms. The van der Waals surface area contributed by atoms with Gasteiger partial charge in [0.05, 0.1) is 18.8 Å². The molecule has 0 aliphatic carbocycles. The van der Waals surface area contributed by atoms with E-state index in [1.165, 1.54) is 7.11 Å². The van der Waals surface area contributed by atoms with Crippen LogP contribution in [0.2, 0.25) is 0 Å². The molecule has 1 atom stereocenters. The minimum atomic E-state index is -0.839. The highest BCUT2D eigenvalue weighted by Crippen LogP contribution is 2.22. The van der Waals surface area contributed by atoms with E-state index in [1.54, 1.807) is 25.1 Å². The first kappa shape index (κ1) is 16.0. The molecule has 0 fully saturated rings. The maximum atomic E-state index is 12.1. The quantitative estimate of drug-likeness (QED) is 0.377. The SMILES string of the molecule is COc1ccc(C(=O)C(C)NCCCC(=O)O)cc1N. The number of carbonyl (C=O) groups is 2. The average molecular weight is 280 g/mol. The number of hydrogen-bond donors (Lipinski definition) is 3. The normalized spacial score (nSPS) is 11.9. The Bertz CT molecular complexity index is 488. The molecule has 6 nitrogen and oxygen atoms in total. The van der Waals surface area contributed by atoms with Gasteiger partial charge in [-0.1, -0.05) is 0 Å². The lowest BCUT2D eigenvalue weighted by molar-refractivity contribution is -0.137. The number of rotatable bonds is 8. The second-order valence-corrected chi connectivity index (χ2v) is 4.49. The number of nitrogens with two attached hydrogens (primary N) is 1. The molecule has 110 valence electrons. The number of carbonyl (C=O) groups excluding carboxylic acids is 1. The third-order valence-corrected chi connectivity index (χ3v) is 2.93. The lowest BCUT2D eigenvalue weighted by Gasteiger charge is -2.13. The predicted octanol–water partition coefficient (Wildman–Crippen LogP) is 1.30. The first-order valence-corrected chi connectivity index (χ1v) is 6.38. The minimum absolute atomic E-state index is 0.0867. The Hall–Kier alpha value is -2.08. The zero-order valence-electron chi connectivity index (χ0n) is 11.7. The van der Waals surface area contributed by atoms with Crippen LogP contribution < -0.4 is 15.8 Å². The van der Waals surface area contributed by atoms with Crippen molar-refractivity contribution in [1.29, 1.82) is 0 Å². The van der Waals surface area contributed by atoms with Crippen molar-refractivity contribution in [2.24, 2.45) is 0 Å². The van der Waals surface area contributed by atoms with Gasteiger partial charge < -0.3 is 20.9 Å². The van der Waals surface area contributed by atoms with E-state index in [0.717, 1.165) is 0 Å². The summed E-state index contributed by atoms with van der Waals surface area (Å²) < 4.78 is 5.03. The molecule has 0 bridgehead atoms. The van der Waals surface area contributed by atoms with Gasteiger partial charge >= 0.3 is 5.97 Å². The van der Waals surface area contributed by atoms with Crippen LogP contribution in [0.4, 0.5) is 5.69 Å². The van der Waals surface area contributed by atoms with E-state index in [2.05, 4.69) is 5.32 Å². The Morgan fingerprint density at radius 1 is 1.45 bits per heavy atom. The third kappa shape index (κ3) is 4.55. The second-order valence-electron chi connectivity index (χ2n) is 4.49. The number of ether oxygens (including phenoxy) is 1. The summed E-state index contributed by atoms with van der Waals surface area (Å²) in [7, 11) is 1.51. The van der Waals surface area contributed by atoms with E-state index in [9.17, 15) is 9.59 Å². The van der Waals surface area contributed by atoms with Crippen molar-refractivity contribution in [3.63, 3.8) is 0 Å². The molecule has 4 N–H and O–H groups in total. The molecule has 0 aromatic heterocycles. The Labute approximate surface area is 117 Å².